The smallest absolute Gasteiger partial charge is 0.378 e. The topological polar surface area (TPSA) is 59.7 Å². The number of aryl methyl sites for hydroxylation is 1. The summed E-state index contributed by atoms with van der Waals surface area (Å²) in [5, 5.41) is 0. The monoisotopic (exact) mass is 480 g/mol. The number of carbonyl (C=O) groups is 1. The number of Topliss-reactive ketones (excluding diaryl/α,β-unsaturated/α-hetero) is 1. The van der Waals surface area contributed by atoms with E-state index in [1.165, 1.54) is 18.3 Å². The Labute approximate surface area is 200 Å². The van der Waals surface area contributed by atoms with Gasteiger partial charge in [0, 0.05) is 37.0 Å². The van der Waals surface area contributed by atoms with Gasteiger partial charge in [0.15, 0.2) is 11.4 Å². The lowest BCUT2D eigenvalue weighted by Gasteiger charge is -2.28. The van der Waals surface area contributed by atoms with Gasteiger partial charge in [-0.1, -0.05) is 24.3 Å². The quantitative estimate of drug-likeness (QED) is 0.361. The number of benzene rings is 2. The van der Waals surface area contributed by atoms with Gasteiger partial charge in [0.05, 0.1) is 36.9 Å². The van der Waals surface area contributed by atoms with E-state index < -0.39 is 11.7 Å². The van der Waals surface area contributed by atoms with Crippen LogP contribution in [0.3, 0.4) is 0 Å². The zero-order valence-corrected chi connectivity index (χ0v) is 18.8. The molecule has 0 unspecified atom stereocenters. The molecule has 0 N–H and O–H groups in total. The van der Waals surface area contributed by atoms with Gasteiger partial charge in [0.2, 0.25) is 0 Å². The fourth-order valence-corrected chi connectivity index (χ4v) is 4.16. The summed E-state index contributed by atoms with van der Waals surface area (Å²) in [6.45, 7) is 3.19. The van der Waals surface area contributed by atoms with E-state index in [2.05, 4.69) is 27.0 Å². The van der Waals surface area contributed by atoms with Crippen LogP contribution in [-0.4, -0.2) is 46.5 Å². The molecule has 0 radical (unpaired) electrons. The normalized spacial score (nSPS) is 14.4. The minimum atomic E-state index is -4.40. The van der Waals surface area contributed by atoms with Crippen LogP contribution < -0.4 is 4.90 Å². The van der Waals surface area contributed by atoms with Gasteiger partial charge in [-0.25, -0.2) is 9.97 Å². The molecule has 2 aromatic heterocycles. The van der Waals surface area contributed by atoms with E-state index in [-0.39, 0.29) is 11.5 Å². The maximum Gasteiger partial charge on any atom is 0.416 e. The summed E-state index contributed by atoms with van der Waals surface area (Å²) in [6, 6.07) is 13.1. The van der Waals surface area contributed by atoms with Gasteiger partial charge in [0.1, 0.15) is 5.69 Å². The Morgan fingerprint density at radius 3 is 2.34 bits per heavy atom. The third-order valence-electron chi connectivity index (χ3n) is 6.14. The van der Waals surface area contributed by atoms with Crippen molar-refractivity contribution in [1.82, 2.24) is 14.4 Å². The first-order valence-electron chi connectivity index (χ1n) is 11.3. The van der Waals surface area contributed by atoms with Crippen molar-refractivity contribution in [2.45, 2.75) is 19.0 Å². The van der Waals surface area contributed by atoms with Gasteiger partial charge < -0.3 is 9.64 Å². The number of rotatable bonds is 6. The molecule has 0 aliphatic carbocycles. The molecule has 0 amide bonds. The molecular weight excluding hydrogens is 457 g/mol. The summed E-state index contributed by atoms with van der Waals surface area (Å²) in [7, 11) is 0. The van der Waals surface area contributed by atoms with Gasteiger partial charge in [-0.15, -0.1) is 0 Å². The molecule has 0 spiro atoms. The maximum atomic E-state index is 12.9. The largest absolute Gasteiger partial charge is 0.416 e. The molecule has 1 aliphatic rings. The summed E-state index contributed by atoms with van der Waals surface area (Å²) in [5.41, 5.74) is 3.43. The minimum absolute atomic E-state index is 0.115. The lowest BCUT2D eigenvalue weighted by atomic mass is 10.1. The molecule has 180 valence electrons. The average Bonchev–Trinajstić information content (AvgIpc) is 3.31. The summed E-state index contributed by atoms with van der Waals surface area (Å²) >= 11 is 0. The number of ether oxygens (including phenoxy) is 1. The molecule has 1 saturated heterocycles. The number of aromatic nitrogens is 3. The molecule has 0 saturated carbocycles. The predicted octanol–water partition coefficient (Wildman–Crippen LogP) is 5.07. The van der Waals surface area contributed by atoms with Gasteiger partial charge in [0.25, 0.3) is 0 Å². The highest BCUT2D eigenvalue weighted by Gasteiger charge is 2.30. The standard InChI is InChI=1S/C26H23F3N4O2/c27-26(28,29)20-6-4-19(5-7-20)23-15-31-25-16-30-22(17-33(23)25)24(34)10-3-18-1-8-21(9-2-18)32-11-13-35-14-12-32/h1-2,4-9,15-17H,3,10-14H2. The number of alkyl halides is 3. The Kier molecular flexibility index (Phi) is 6.25. The molecule has 0 bridgehead atoms. The first-order chi connectivity index (χ1) is 16.9. The summed E-state index contributed by atoms with van der Waals surface area (Å²) in [6.07, 6.45) is 1.13. The van der Waals surface area contributed by atoms with Crippen LogP contribution in [0.15, 0.2) is 67.1 Å². The van der Waals surface area contributed by atoms with Crippen LogP contribution in [0.5, 0.6) is 0 Å². The molecule has 4 aromatic rings. The Balaban J connectivity index is 1.29. The summed E-state index contributed by atoms with van der Waals surface area (Å²) in [5.74, 6) is -0.115. The predicted molar refractivity (Wildman–Crippen MR) is 126 cm³/mol. The maximum absolute atomic E-state index is 12.9. The van der Waals surface area contributed by atoms with E-state index >= 15 is 0 Å². The molecule has 6 nitrogen and oxygen atoms in total. The Morgan fingerprint density at radius 1 is 0.943 bits per heavy atom. The minimum Gasteiger partial charge on any atom is -0.378 e. The van der Waals surface area contributed by atoms with E-state index in [1.54, 1.807) is 16.8 Å². The number of morpholine rings is 1. The molecule has 3 heterocycles. The Morgan fingerprint density at radius 2 is 1.66 bits per heavy atom. The van der Waals surface area contributed by atoms with Crippen LogP contribution in [0.4, 0.5) is 18.9 Å². The summed E-state index contributed by atoms with van der Waals surface area (Å²) < 4.78 is 45.7. The van der Waals surface area contributed by atoms with Crippen molar-refractivity contribution in [3.05, 3.63) is 83.9 Å². The van der Waals surface area contributed by atoms with Crippen molar-refractivity contribution in [3.8, 4) is 11.3 Å². The number of hydrogen-bond donors (Lipinski definition) is 0. The molecule has 0 atom stereocenters. The lowest BCUT2D eigenvalue weighted by molar-refractivity contribution is -0.137. The van der Waals surface area contributed by atoms with Crippen molar-refractivity contribution in [2.24, 2.45) is 0 Å². The van der Waals surface area contributed by atoms with Crippen molar-refractivity contribution in [3.63, 3.8) is 0 Å². The van der Waals surface area contributed by atoms with Crippen LogP contribution in [0, 0.1) is 0 Å². The number of fused-ring (bicyclic) bond motifs is 1. The van der Waals surface area contributed by atoms with Crippen LogP contribution in [0.25, 0.3) is 16.9 Å². The third-order valence-corrected chi connectivity index (χ3v) is 6.14. The Bertz CT molecular complexity index is 1330. The van der Waals surface area contributed by atoms with Crippen LogP contribution in [0.2, 0.25) is 0 Å². The van der Waals surface area contributed by atoms with Crippen LogP contribution in [0.1, 0.15) is 28.0 Å². The first kappa shape index (κ1) is 23.0. The Hall–Kier alpha value is -3.72. The van der Waals surface area contributed by atoms with E-state index in [0.717, 1.165) is 49.7 Å². The lowest BCUT2D eigenvalue weighted by Crippen LogP contribution is -2.36. The van der Waals surface area contributed by atoms with E-state index in [9.17, 15) is 18.0 Å². The number of carbonyl (C=O) groups excluding carboxylic acids is 1. The van der Waals surface area contributed by atoms with Gasteiger partial charge in [-0.3, -0.25) is 9.20 Å². The zero-order chi connectivity index (χ0) is 24.4. The second-order valence-corrected chi connectivity index (χ2v) is 8.41. The second kappa shape index (κ2) is 9.50. The number of hydrogen-bond acceptors (Lipinski definition) is 5. The van der Waals surface area contributed by atoms with Crippen molar-refractivity contribution in [1.29, 1.82) is 0 Å². The fourth-order valence-electron chi connectivity index (χ4n) is 4.16. The van der Waals surface area contributed by atoms with Crippen molar-refractivity contribution in [2.75, 3.05) is 31.2 Å². The molecule has 1 fully saturated rings. The number of anilines is 1. The van der Waals surface area contributed by atoms with Crippen molar-refractivity contribution >= 4 is 17.1 Å². The van der Waals surface area contributed by atoms with Gasteiger partial charge in [-0.2, -0.15) is 13.2 Å². The molecule has 1 aliphatic heterocycles. The van der Waals surface area contributed by atoms with Gasteiger partial charge >= 0.3 is 6.18 Å². The van der Waals surface area contributed by atoms with Crippen LogP contribution >= 0.6 is 0 Å². The van der Waals surface area contributed by atoms with Crippen LogP contribution in [-0.2, 0) is 17.3 Å². The second-order valence-electron chi connectivity index (χ2n) is 8.41. The molecule has 9 heteroatoms. The summed E-state index contributed by atoms with van der Waals surface area (Å²) in [4.78, 5) is 23.6. The number of imidazole rings is 1. The third kappa shape index (κ3) is 5.05. The molecular formula is C26H23F3N4O2. The zero-order valence-electron chi connectivity index (χ0n) is 18.8. The SMILES string of the molecule is O=C(CCc1ccc(N2CCOCC2)cc1)c1cn2c(-c3ccc(C(F)(F)F)cc3)cnc2cn1. The number of nitrogens with zero attached hydrogens (tertiary/aromatic N) is 4. The van der Waals surface area contributed by atoms with E-state index in [4.69, 9.17) is 4.74 Å². The number of ketones is 1. The average molecular weight is 480 g/mol. The van der Waals surface area contributed by atoms with E-state index in [1.807, 2.05) is 12.1 Å². The molecule has 35 heavy (non-hydrogen) atoms. The van der Waals surface area contributed by atoms with Gasteiger partial charge in [-0.05, 0) is 36.2 Å². The fraction of sp³-hybridized carbons (Fsp3) is 0.269. The van der Waals surface area contributed by atoms with E-state index in [0.29, 0.717) is 29.7 Å². The highest BCUT2D eigenvalue weighted by molar-refractivity contribution is 5.94. The van der Waals surface area contributed by atoms with Crippen molar-refractivity contribution < 1.29 is 22.7 Å². The highest BCUT2D eigenvalue weighted by Crippen LogP contribution is 2.31. The number of halogens is 3. The molecule has 2 aromatic carbocycles. The molecule has 5 rings (SSSR count). The first-order valence-corrected chi connectivity index (χ1v) is 11.3. The highest BCUT2D eigenvalue weighted by atomic mass is 19.4.